The molecule has 110 valence electrons. The minimum absolute atomic E-state index is 0.0644. The maximum Gasteiger partial charge on any atom is 0.267 e. The van der Waals surface area contributed by atoms with E-state index < -0.39 is 6.10 Å². The van der Waals surface area contributed by atoms with Crippen LogP contribution in [0.25, 0.3) is 0 Å². The van der Waals surface area contributed by atoms with Gasteiger partial charge in [-0.2, -0.15) is 0 Å². The van der Waals surface area contributed by atoms with E-state index in [-0.39, 0.29) is 23.9 Å². The van der Waals surface area contributed by atoms with Gasteiger partial charge in [-0.25, -0.2) is 0 Å². The van der Waals surface area contributed by atoms with Gasteiger partial charge in [-0.15, -0.1) is 0 Å². The number of amides is 1. The van der Waals surface area contributed by atoms with Crippen molar-refractivity contribution < 1.29 is 14.7 Å². The zero-order chi connectivity index (χ0) is 15.4. The van der Waals surface area contributed by atoms with Gasteiger partial charge in [0.25, 0.3) is 5.91 Å². The van der Waals surface area contributed by atoms with Crippen LogP contribution in [-0.4, -0.2) is 28.3 Å². The lowest BCUT2D eigenvalue weighted by Gasteiger charge is -2.11. The number of aromatic nitrogens is 1. The van der Waals surface area contributed by atoms with Crippen LogP contribution in [0.3, 0.4) is 0 Å². The third kappa shape index (κ3) is 3.93. The van der Waals surface area contributed by atoms with E-state index in [1.165, 1.54) is 19.2 Å². The second-order valence-corrected chi connectivity index (χ2v) is 5.07. The Morgan fingerprint density at radius 3 is 2.57 bits per heavy atom. The van der Waals surface area contributed by atoms with Crippen molar-refractivity contribution >= 4 is 23.3 Å². The Morgan fingerprint density at radius 2 is 2.00 bits per heavy atom. The Kier molecular flexibility index (Phi) is 4.77. The molecule has 0 radical (unpaired) electrons. The first-order chi connectivity index (χ1) is 9.97. The van der Waals surface area contributed by atoms with Crippen molar-refractivity contribution in [1.82, 2.24) is 10.3 Å². The predicted octanol–water partition coefficient (Wildman–Crippen LogP) is 2.33. The molecule has 1 heterocycles. The summed E-state index contributed by atoms with van der Waals surface area (Å²) in [4.78, 5) is 25.8. The highest BCUT2D eigenvalue weighted by Gasteiger charge is 2.13. The SMILES string of the molecule is CC(=O)c1c[nH]c(C(=O)NCC(O)c2ccc(Cl)cc2)c1. The smallest absolute Gasteiger partial charge is 0.267 e. The van der Waals surface area contributed by atoms with Crippen molar-refractivity contribution in [3.63, 3.8) is 0 Å². The van der Waals surface area contributed by atoms with Crippen molar-refractivity contribution in [2.75, 3.05) is 6.54 Å². The molecule has 0 fully saturated rings. The topological polar surface area (TPSA) is 82.2 Å². The maximum absolute atomic E-state index is 11.9. The van der Waals surface area contributed by atoms with Gasteiger partial charge in [-0.05, 0) is 30.7 Å². The number of benzene rings is 1. The number of rotatable bonds is 5. The molecule has 0 bridgehead atoms. The first-order valence-corrected chi connectivity index (χ1v) is 6.76. The van der Waals surface area contributed by atoms with E-state index in [1.54, 1.807) is 24.3 Å². The zero-order valence-electron chi connectivity index (χ0n) is 11.4. The van der Waals surface area contributed by atoms with Gasteiger partial charge < -0.3 is 15.4 Å². The average molecular weight is 307 g/mol. The van der Waals surface area contributed by atoms with Crippen LogP contribution in [0.5, 0.6) is 0 Å². The standard InChI is InChI=1S/C15H15ClN2O3/c1-9(19)11-6-13(17-7-11)15(21)18-8-14(20)10-2-4-12(16)5-3-10/h2-7,14,17,20H,8H2,1H3,(H,18,21). The van der Waals surface area contributed by atoms with Crippen LogP contribution >= 0.6 is 11.6 Å². The molecule has 0 saturated heterocycles. The molecule has 1 amide bonds. The summed E-state index contributed by atoms with van der Waals surface area (Å²) in [5.74, 6) is -0.498. The second-order valence-electron chi connectivity index (χ2n) is 4.64. The molecule has 3 N–H and O–H groups in total. The van der Waals surface area contributed by atoms with E-state index in [2.05, 4.69) is 10.3 Å². The molecule has 1 atom stereocenters. The molecule has 0 saturated carbocycles. The van der Waals surface area contributed by atoms with Gasteiger partial charge in [0.1, 0.15) is 5.69 Å². The summed E-state index contributed by atoms with van der Waals surface area (Å²) in [7, 11) is 0. The number of hydrogen-bond donors (Lipinski definition) is 3. The average Bonchev–Trinajstić information content (AvgIpc) is 2.95. The molecule has 1 aromatic carbocycles. The highest BCUT2D eigenvalue weighted by Crippen LogP contribution is 2.15. The van der Waals surface area contributed by atoms with E-state index in [1.807, 2.05) is 0 Å². The highest BCUT2D eigenvalue weighted by molar-refractivity contribution is 6.30. The lowest BCUT2D eigenvalue weighted by atomic mass is 10.1. The predicted molar refractivity (Wildman–Crippen MR) is 79.5 cm³/mol. The number of H-pyrrole nitrogens is 1. The minimum Gasteiger partial charge on any atom is -0.387 e. The highest BCUT2D eigenvalue weighted by atomic mass is 35.5. The van der Waals surface area contributed by atoms with E-state index >= 15 is 0 Å². The fourth-order valence-electron chi connectivity index (χ4n) is 1.82. The van der Waals surface area contributed by atoms with Gasteiger partial charge in [0.2, 0.25) is 0 Å². The fraction of sp³-hybridized carbons (Fsp3) is 0.200. The van der Waals surface area contributed by atoms with E-state index in [0.717, 1.165) is 0 Å². The Hall–Kier alpha value is -2.11. The van der Waals surface area contributed by atoms with Crippen LogP contribution in [-0.2, 0) is 0 Å². The van der Waals surface area contributed by atoms with Crippen molar-refractivity contribution in [3.05, 3.63) is 58.4 Å². The van der Waals surface area contributed by atoms with E-state index in [0.29, 0.717) is 16.1 Å². The molecule has 2 rings (SSSR count). The first-order valence-electron chi connectivity index (χ1n) is 6.38. The van der Waals surface area contributed by atoms with E-state index in [4.69, 9.17) is 11.6 Å². The van der Waals surface area contributed by atoms with Crippen LogP contribution < -0.4 is 5.32 Å². The number of ketones is 1. The molecule has 0 spiro atoms. The molecule has 0 aliphatic rings. The molecular formula is C15H15ClN2O3. The summed E-state index contributed by atoms with van der Waals surface area (Å²) in [6.45, 7) is 1.49. The summed E-state index contributed by atoms with van der Waals surface area (Å²) >= 11 is 5.77. The number of aliphatic hydroxyl groups is 1. The van der Waals surface area contributed by atoms with Crippen molar-refractivity contribution in [2.45, 2.75) is 13.0 Å². The quantitative estimate of drug-likeness (QED) is 0.742. The van der Waals surface area contributed by atoms with E-state index in [9.17, 15) is 14.7 Å². The molecule has 0 aliphatic carbocycles. The first kappa shape index (κ1) is 15.3. The van der Waals surface area contributed by atoms with Gasteiger partial charge in [0.05, 0.1) is 6.10 Å². The lowest BCUT2D eigenvalue weighted by molar-refractivity contribution is 0.0912. The number of Topliss-reactive ketones (excluding diaryl/α,β-unsaturated/α-hetero) is 1. The third-order valence-electron chi connectivity index (χ3n) is 3.04. The Bertz CT molecular complexity index is 649. The number of carbonyl (C=O) groups excluding carboxylic acids is 2. The maximum atomic E-state index is 11.9. The van der Waals surface area contributed by atoms with Crippen LogP contribution in [0.4, 0.5) is 0 Å². The van der Waals surface area contributed by atoms with Gasteiger partial charge in [-0.1, -0.05) is 23.7 Å². The van der Waals surface area contributed by atoms with Gasteiger partial charge in [0.15, 0.2) is 5.78 Å². The number of aliphatic hydroxyl groups excluding tert-OH is 1. The van der Waals surface area contributed by atoms with Crippen LogP contribution in [0.15, 0.2) is 36.5 Å². The minimum atomic E-state index is -0.826. The Morgan fingerprint density at radius 1 is 1.33 bits per heavy atom. The monoisotopic (exact) mass is 306 g/mol. The summed E-state index contributed by atoms with van der Waals surface area (Å²) < 4.78 is 0. The molecule has 6 heteroatoms. The Labute approximate surface area is 126 Å². The summed E-state index contributed by atoms with van der Waals surface area (Å²) in [6.07, 6.45) is 0.654. The summed E-state index contributed by atoms with van der Waals surface area (Å²) in [5, 5.41) is 13.2. The number of aromatic amines is 1. The largest absolute Gasteiger partial charge is 0.387 e. The van der Waals surface area contributed by atoms with Crippen LogP contribution in [0.2, 0.25) is 5.02 Å². The van der Waals surface area contributed by atoms with Crippen LogP contribution in [0, 0.1) is 0 Å². The van der Waals surface area contributed by atoms with Crippen LogP contribution in [0.1, 0.15) is 39.4 Å². The molecule has 1 unspecified atom stereocenters. The zero-order valence-corrected chi connectivity index (χ0v) is 12.1. The summed E-state index contributed by atoms with van der Waals surface area (Å²) in [5.41, 5.74) is 1.39. The third-order valence-corrected chi connectivity index (χ3v) is 3.30. The Balaban J connectivity index is 1.93. The molecule has 21 heavy (non-hydrogen) atoms. The molecular weight excluding hydrogens is 292 g/mol. The second kappa shape index (κ2) is 6.56. The molecule has 5 nitrogen and oxygen atoms in total. The number of nitrogens with one attached hydrogen (secondary N) is 2. The van der Waals surface area contributed by atoms with Crippen molar-refractivity contribution in [3.8, 4) is 0 Å². The van der Waals surface area contributed by atoms with Gasteiger partial charge in [0, 0.05) is 23.3 Å². The lowest BCUT2D eigenvalue weighted by Crippen LogP contribution is -2.28. The molecule has 2 aromatic rings. The normalized spacial score (nSPS) is 12.0. The molecule has 1 aromatic heterocycles. The number of halogens is 1. The summed E-state index contributed by atoms with van der Waals surface area (Å²) in [6, 6.07) is 8.22. The van der Waals surface area contributed by atoms with Gasteiger partial charge in [-0.3, -0.25) is 9.59 Å². The molecule has 0 aliphatic heterocycles. The van der Waals surface area contributed by atoms with Gasteiger partial charge >= 0.3 is 0 Å². The van der Waals surface area contributed by atoms with Crippen molar-refractivity contribution in [1.29, 1.82) is 0 Å². The fourth-order valence-corrected chi connectivity index (χ4v) is 1.94. The number of carbonyl (C=O) groups is 2. The van der Waals surface area contributed by atoms with Crippen molar-refractivity contribution in [2.24, 2.45) is 0 Å². The number of hydrogen-bond acceptors (Lipinski definition) is 3.